The van der Waals surface area contributed by atoms with Crippen LogP contribution in [0.3, 0.4) is 0 Å². The van der Waals surface area contributed by atoms with Crippen molar-refractivity contribution in [3.63, 3.8) is 0 Å². The second-order valence-electron chi connectivity index (χ2n) is 6.64. The predicted octanol–water partition coefficient (Wildman–Crippen LogP) is 3.08. The van der Waals surface area contributed by atoms with Crippen LogP contribution < -0.4 is 10.3 Å². The first-order valence-electron chi connectivity index (χ1n) is 9.06. The summed E-state index contributed by atoms with van der Waals surface area (Å²) in [6.07, 6.45) is 2.91. The summed E-state index contributed by atoms with van der Waals surface area (Å²) in [5.74, 6) is -1.26. The van der Waals surface area contributed by atoms with Crippen LogP contribution in [0.4, 0.5) is 0 Å². The molecule has 8 nitrogen and oxygen atoms in total. The second-order valence-corrected chi connectivity index (χ2v) is 8.32. The minimum Gasteiger partial charge on any atom is -0.480 e. The van der Waals surface area contributed by atoms with Crippen molar-refractivity contribution in [2.45, 2.75) is 6.92 Å². The lowest BCUT2D eigenvalue weighted by Gasteiger charge is -2.11. The smallest absolute Gasteiger partial charge is 0.323 e. The number of thioether (sulfide) groups is 1. The van der Waals surface area contributed by atoms with Crippen molar-refractivity contribution >= 4 is 51.9 Å². The fourth-order valence-electron chi connectivity index (χ4n) is 2.90. The molecule has 2 aromatic heterocycles. The monoisotopic (exact) mass is 453 g/mol. The molecule has 1 N–H and O–H groups in total. The number of aliphatic carboxylic acids is 1. The number of ether oxygens (including phenoxy) is 1. The zero-order valence-electron chi connectivity index (χ0n) is 16.1. The van der Waals surface area contributed by atoms with Crippen molar-refractivity contribution in [1.29, 1.82) is 0 Å². The van der Waals surface area contributed by atoms with Gasteiger partial charge in [-0.25, -0.2) is 0 Å². The number of hydrogen-bond donors (Lipinski definition) is 1. The van der Waals surface area contributed by atoms with Crippen LogP contribution in [0.15, 0.2) is 58.4 Å². The summed E-state index contributed by atoms with van der Waals surface area (Å²) in [6, 6.07) is 12.3. The number of fused-ring (bicyclic) bond motifs is 1. The maximum atomic E-state index is 13.2. The van der Waals surface area contributed by atoms with E-state index >= 15 is 0 Å². The van der Waals surface area contributed by atoms with E-state index in [0.717, 1.165) is 22.2 Å². The quantitative estimate of drug-likeness (QED) is 0.465. The van der Waals surface area contributed by atoms with E-state index in [1.807, 2.05) is 19.1 Å². The molecule has 1 saturated heterocycles. The molecule has 0 saturated carbocycles. The summed E-state index contributed by atoms with van der Waals surface area (Å²) in [5, 5.41) is 9.01. The highest BCUT2D eigenvalue weighted by Gasteiger charge is 2.34. The summed E-state index contributed by atoms with van der Waals surface area (Å²) < 4.78 is 7.33. The maximum Gasteiger partial charge on any atom is 0.323 e. The van der Waals surface area contributed by atoms with Crippen LogP contribution in [0, 0.1) is 6.92 Å². The van der Waals surface area contributed by atoms with E-state index in [4.69, 9.17) is 22.1 Å². The highest BCUT2D eigenvalue weighted by molar-refractivity contribution is 8.26. The number of pyridine rings is 1. The molecular weight excluding hydrogens is 438 g/mol. The molecule has 3 heterocycles. The van der Waals surface area contributed by atoms with Crippen molar-refractivity contribution < 1.29 is 19.4 Å². The molecule has 1 fully saturated rings. The van der Waals surface area contributed by atoms with Crippen LogP contribution in [0.1, 0.15) is 11.1 Å². The normalized spacial score (nSPS) is 15.1. The minimum absolute atomic E-state index is 0.0311. The standard InChI is InChI=1S/C21H15N3O5S2/c1-12-5-7-13(8-6-12)29-18-14(19(27)23-9-3-2-4-16(23)22-18)10-15-20(28)24(11-17(25)26)21(30)31-15/h2-10H,11H2,1H3,(H,25,26). The molecule has 1 aliphatic rings. The van der Waals surface area contributed by atoms with Crippen LogP contribution in [-0.4, -0.2) is 42.1 Å². The number of aromatic nitrogens is 2. The molecule has 0 atom stereocenters. The number of rotatable bonds is 5. The number of carbonyl (C=O) groups is 2. The summed E-state index contributed by atoms with van der Waals surface area (Å²) in [4.78, 5) is 42.4. The molecule has 0 unspecified atom stereocenters. The topological polar surface area (TPSA) is 101 Å². The number of nitrogens with zero attached hydrogens (tertiary/aromatic N) is 3. The fraction of sp³-hybridized carbons (Fsp3) is 0.0952. The molecule has 31 heavy (non-hydrogen) atoms. The number of amides is 1. The Labute approximate surface area is 185 Å². The van der Waals surface area contributed by atoms with E-state index in [-0.39, 0.29) is 20.7 Å². The lowest BCUT2D eigenvalue weighted by molar-refractivity contribution is -0.140. The SMILES string of the molecule is Cc1ccc(Oc2nc3ccccn3c(=O)c2C=C2SC(=S)N(CC(=O)O)C2=O)cc1. The number of thiocarbonyl (C=S) groups is 1. The Bertz CT molecular complexity index is 1310. The van der Waals surface area contributed by atoms with Gasteiger partial charge in [-0.1, -0.05) is 47.7 Å². The molecule has 0 aliphatic carbocycles. The fourth-order valence-corrected chi connectivity index (χ4v) is 4.14. The van der Waals surface area contributed by atoms with Crippen LogP contribution in [0.25, 0.3) is 11.7 Å². The van der Waals surface area contributed by atoms with Gasteiger partial charge in [-0.2, -0.15) is 4.98 Å². The van der Waals surface area contributed by atoms with Crippen molar-refractivity contribution in [2.75, 3.05) is 6.54 Å². The van der Waals surface area contributed by atoms with E-state index in [1.54, 1.807) is 36.5 Å². The summed E-state index contributed by atoms with van der Waals surface area (Å²) in [6.45, 7) is 1.39. The van der Waals surface area contributed by atoms with Crippen molar-refractivity contribution in [3.8, 4) is 11.6 Å². The van der Waals surface area contributed by atoms with Crippen LogP contribution in [-0.2, 0) is 9.59 Å². The Morgan fingerprint density at radius 2 is 1.97 bits per heavy atom. The number of carbonyl (C=O) groups excluding carboxylic acids is 1. The Hall–Kier alpha value is -3.50. The van der Waals surface area contributed by atoms with E-state index < -0.39 is 24.0 Å². The van der Waals surface area contributed by atoms with Crippen LogP contribution >= 0.6 is 24.0 Å². The first kappa shape index (κ1) is 20.8. The van der Waals surface area contributed by atoms with E-state index in [1.165, 1.54) is 10.5 Å². The van der Waals surface area contributed by atoms with Gasteiger partial charge in [0.2, 0.25) is 5.88 Å². The number of hydrogen-bond acceptors (Lipinski definition) is 7. The number of carboxylic acid groups (broad SMARTS) is 1. The van der Waals surface area contributed by atoms with Crippen LogP contribution in [0.2, 0.25) is 0 Å². The van der Waals surface area contributed by atoms with Gasteiger partial charge in [0.15, 0.2) is 0 Å². The molecule has 1 aromatic carbocycles. The number of benzene rings is 1. The molecule has 4 rings (SSSR count). The number of aryl methyl sites for hydroxylation is 1. The Morgan fingerprint density at radius 1 is 1.23 bits per heavy atom. The maximum absolute atomic E-state index is 13.2. The molecule has 10 heteroatoms. The molecule has 1 amide bonds. The average molecular weight is 454 g/mol. The van der Waals surface area contributed by atoms with Gasteiger partial charge in [-0.05, 0) is 37.3 Å². The van der Waals surface area contributed by atoms with Gasteiger partial charge in [-0.3, -0.25) is 23.7 Å². The lowest BCUT2D eigenvalue weighted by Crippen LogP contribution is -2.33. The minimum atomic E-state index is -1.19. The number of carboxylic acids is 1. The first-order valence-corrected chi connectivity index (χ1v) is 10.3. The highest BCUT2D eigenvalue weighted by Crippen LogP contribution is 2.34. The van der Waals surface area contributed by atoms with Gasteiger partial charge in [0.05, 0.1) is 4.91 Å². The van der Waals surface area contributed by atoms with Gasteiger partial charge >= 0.3 is 5.97 Å². The van der Waals surface area contributed by atoms with Gasteiger partial charge < -0.3 is 9.84 Å². The summed E-state index contributed by atoms with van der Waals surface area (Å²) in [7, 11) is 0. The van der Waals surface area contributed by atoms with E-state index in [0.29, 0.717) is 11.4 Å². The third-order valence-electron chi connectivity index (χ3n) is 4.41. The van der Waals surface area contributed by atoms with Gasteiger partial charge in [0, 0.05) is 6.20 Å². The Balaban J connectivity index is 1.83. The lowest BCUT2D eigenvalue weighted by atomic mass is 10.2. The van der Waals surface area contributed by atoms with E-state index in [2.05, 4.69) is 4.98 Å². The van der Waals surface area contributed by atoms with Crippen molar-refractivity contribution in [2.24, 2.45) is 0 Å². The van der Waals surface area contributed by atoms with Gasteiger partial charge in [-0.15, -0.1) is 0 Å². The Morgan fingerprint density at radius 3 is 2.68 bits per heavy atom. The largest absolute Gasteiger partial charge is 0.480 e. The second kappa shape index (κ2) is 8.32. The predicted molar refractivity (Wildman–Crippen MR) is 120 cm³/mol. The molecule has 156 valence electrons. The zero-order valence-corrected chi connectivity index (χ0v) is 17.8. The molecule has 0 radical (unpaired) electrons. The highest BCUT2D eigenvalue weighted by atomic mass is 32.2. The van der Waals surface area contributed by atoms with E-state index in [9.17, 15) is 14.4 Å². The molecule has 0 bridgehead atoms. The molecular formula is C21H15N3O5S2. The van der Waals surface area contributed by atoms with Gasteiger partial charge in [0.25, 0.3) is 11.5 Å². The molecule has 1 aliphatic heterocycles. The third-order valence-corrected chi connectivity index (χ3v) is 5.79. The summed E-state index contributed by atoms with van der Waals surface area (Å²) >= 11 is 6.05. The molecule has 0 spiro atoms. The Kier molecular flexibility index (Phi) is 5.57. The van der Waals surface area contributed by atoms with Crippen LogP contribution in [0.5, 0.6) is 11.6 Å². The zero-order chi connectivity index (χ0) is 22.1. The summed E-state index contributed by atoms with van der Waals surface area (Å²) in [5.41, 5.74) is 1.04. The third kappa shape index (κ3) is 4.21. The van der Waals surface area contributed by atoms with Crippen molar-refractivity contribution in [1.82, 2.24) is 14.3 Å². The molecule has 3 aromatic rings. The van der Waals surface area contributed by atoms with Crippen molar-refractivity contribution in [3.05, 3.63) is 75.0 Å². The average Bonchev–Trinajstić information content (AvgIpc) is 2.99. The van der Waals surface area contributed by atoms with Gasteiger partial charge in [0.1, 0.15) is 27.8 Å². The first-order chi connectivity index (χ1) is 14.8.